The molecule has 0 fully saturated rings. The molecule has 22 heavy (non-hydrogen) atoms. The number of aryl methyl sites for hydroxylation is 1. The second-order valence-corrected chi connectivity index (χ2v) is 7.88. The summed E-state index contributed by atoms with van der Waals surface area (Å²) in [6.07, 6.45) is 0.364. The lowest BCUT2D eigenvalue weighted by atomic mass is 10.2. The first-order valence-corrected chi connectivity index (χ1v) is 9.52. The molecule has 3 aromatic rings. The maximum absolute atomic E-state index is 12.3. The van der Waals surface area contributed by atoms with Crippen LogP contribution in [0.3, 0.4) is 0 Å². The normalized spacial score (nSPS) is 10.8. The molecule has 0 aliphatic rings. The second-order valence-electron chi connectivity index (χ2n) is 5.07. The van der Waals surface area contributed by atoms with Crippen LogP contribution < -0.4 is 0 Å². The molecule has 0 unspecified atom stereocenters. The van der Waals surface area contributed by atoms with Crippen LogP contribution in [0.1, 0.15) is 16.1 Å². The standard InChI is InChI=1S/C16H16N2OS3/c1-11-5-7-21-14(11)9-18(2)15(19)8-12-10-22-16(17-12)13-4-3-6-20-13/h3-7,10H,8-9H2,1-2H3. The van der Waals surface area contributed by atoms with E-state index < -0.39 is 0 Å². The van der Waals surface area contributed by atoms with Gasteiger partial charge in [-0.25, -0.2) is 4.98 Å². The summed E-state index contributed by atoms with van der Waals surface area (Å²) >= 11 is 4.97. The van der Waals surface area contributed by atoms with E-state index in [1.165, 1.54) is 10.4 Å². The molecule has 1 amide bonds. The van der Waals surface area contributed by atoms with Crippen LogP contribution in [0.15, 0.2) is 34.3 Å². The average molecular weight is 349 g/mol. The molecule has 3 nitrogen and oxygen atoms in total. The zero-order chi connectivity index (χ0) is 15.5. The highest BCUT2D eigenvalue weighted by Gasteiger charge is 2.14. The number of likely N-dealkylation sites (N-methyl/N-ethyl adjacent to an activating group) is 1. The number of thiophene rings is 2. The average Bonchev–Trinajstić information content (AvgIpc) is 3.21. The number of carbonyl (C=O) groups excluding carboxylic acids is 1. The van der Waals surface area contributed by atoms with Crippen molar-refractivity contribution < 1.29 is 4.79 Å². The molecule has 0 spiro atoms. The maximum Gasteiger partial charge on any atom is 0.228 e. The van der Waals surface area contributed by atoms with E-state index >= 15 is 0 Å². The summed E-state index contributed by atoms with van der Waals surface area (Å²) < 4.78 is 0. The van der Waals surface area contributed by atoms with Crippen LogP contribution in [-0.4, -0.2) is 22.8 Å². The molecule has 0 aliphatic carbocycles. The Labute approximate surface area is 141 Å². The van der Waals surface area contributed by atoms with Crippen molar-refractivity contribution in [3.63, 3.8) is 0 Å². The number of hydrogen-bond donors (Lipinski definition) is 0. The Balaban J connectivity index is 1.63. The van der Waals surface area contributed by atoms with Gasteiger partial charge in [0.2, 0.25) is 5.91 Å². The Morgan fingerprint density at radius 3 is 2.77 bits per heavy atom. The van der Waals surface area contributed by atoms with Gasteiger partial charge in [0.1, 0.15) is 5.01 Å². The minimum Gasteiger partial charge on any atom is -0.340 e. The van der Waals surface area contributed by atoms with Crippen molar-refractivity contribution in [3.8, 4) is 9.88 Å². The summed E-state index contributed by atoms with van der Waals surface area (Å²) in [5, 5.41) is 7.08. The summed E-state index contributed by atoms with van der Waals surface area (Å²) in [6, 6.07) is 6.16. The molecule has 114 valence electrons. The summed E-state index contributed by atoms with van der Waals surface area (Å²) in [7, 11) is 1.86. The molecule has 0 saturated heterocycles. The van der Waals surface area contributed by atoms with Crippen LogP contribution in [-0.2, 0) is 17.8 Å². The molecule has 0 atom stereocenters. The first-order chi connectivity index (χ1) is 10.6. The maximum atomic E-state index is 12.3. The van der Waals surface area contributed by atoms with Gasteiger partial charge in [-0.2, -0.15) is 0 Å². The molecule has 0 aliphatic heterocycles. The zero-order valence-corrected chi connectivity index (χ0v) is 14.9. The highest BCUT2D eigenvalue weighted by molar-refractivity contribution is 7.20. The minimum atomic E-state index is 0.107. The molecule has 6 heteroatoms. The molecule has 3 rings (SSSR count). The van der Waals surface area contributed by atoms with E-state index in [4.69, 9.17) is 0 Å². The third kappa shape index (κ3) is 3.45. The van der Waals surface area contributed by atoms with E-state index in [0.29, 0.717) is 13.0 Å². The number of aromatic nitrogens is 1. The lowest BCUT2D eigenvalue weighted by Crippen LogP contribution is -2.27. The van der Waals surface area contributed by atoms with Gasteiger partial charge in [0.05, 0.1) is 23.5 Å². The fourth-order valence-corrected chi connectivity index (χ4v) is 4.65. The number of thiazole rings is 1. The summed E-state index contributed by atoms with van der Waals surface area (Å²) in [6.45, 7) is 2.75. The van der Waals surface area contributed by atoms with Gasteiger partial charge in [-0.3, -0.25) is 4.79 Å². The van der Waals surface area contributed by atoms with E-state index in [2.05, 4.69) is 29.4 Å². The zero-order valence-electron chi connectivity index (χ0n) is 12.4. The predicted octanol–water partition coefficient (Wildman–Crippen LogP) is 4.44. The number of rotatable bonds is 5. The lowest BCUT2D eigenvalue weighted by molar-refractivity contribution is -0.129. The number of nitrogens with zero attached hydrogens (tertiary/aromatic N) is 2. The SMILES string of the molecule is Cc1ccsc1CN(C)C(=O)Cc1csc(-c2cccs2)n1. The Morgan fingerprint density at radius 2 is 2.09 bits per heavy atom. The predicted molar refractivity (Wildman–Crippen MR) is 94.7 cm³/mol. The van der Waals surface area contributed by atoms with Crippen LogP contribution in [0.2, 0.25) is 0 Å². The van der Waals surface area contributed by atoms with Crippen LogP contribution in [0.4, 0.5) is 0 Å². The van der Waals surface area contributed by atoms with Crippen LogP contribution in [0.25, 0.3) is 9.88 Å². The van der Waals surface area contributed by atoms with Gasteiger partial charge in [-0.15, -0.1) is 34.0 Å². The van der Waals surface area contributed by atoms with E-state index in [1.54, 1.807) is 38.9 Å². The number of carbonyl (C=O) groups is 1. The van der Waals surface area contributed by atoms with Gasteiger partial charge in [-0.05, 0) is 35.4 Å². The molecule has 0 bridgehead atoms. The second kappa shape index (κ2) is 6.73. The van der Waals surface area contributed by atoms with Crippen LogP contribution in [0, 0.1) is 6.92 Å². The number of hydrogen-bond acceptors (Lipinski definition) is 5. The molecular formula is C16H16N2OS3. The quantitative estimate of drug-likeness (QED) is 0.683. The molecule has 3 heterocycles. The Hall–Kier alpha value is -1.50. The molecule has 3 aromatic heterocycles. The molecule has 0 saturated carbocycles. The van der Waals surface area contributed by atoms with Gasteiger partial charge >= 0.3 is 0 Å². The highest BCUT2D eigenvalue weighted by Crippen LogP contribution is 2.28. The van der Waals surface area contributed by atoms with E-state index in [0.717, 1.165) is 15.6 Å². The third-order valence-electron chi connectivity index (χ3n) is 3.39. The fraction of sp³-hybridized carbons (Fsp3) is 0.250. The molecular weight excluding hydrogens is 332 g/mol. The summed E-state index contributed by atoms with van der Waals surface area (Å²) in [5.41, 5.74) is 2.10. The molecule has 0 N–H and O–H groups in total. The van der Waals surface area contributed by atoms with Gasteiger partial charge in [0.15, 0.2) is 0 Å². The first kappa shape index (κ1) is 15.4. The monoisotopic (exact) mass is 348 g/mol. The van der Waals surface area contributed by atoms with Gasteiger partial charge in [-0.1, -0.05) is 6.07 Å². The van der Waals surface area contributed by atoms with Crippen LogP contribution >= 0.6 is 34.0 Å². The molecule has 0 aromatic carbocycles. The van der Waals surface area contributed by atoms with Crippen molar-refractivity contribution in [1.82, 2.24) is 9.88 Å². The lowest BCUT2D eigenvalue weighted by Gasteiger charge is -2.16. The van der Waals surface area contributed by atoms with Crippen molar-refractivity contribution in [3.05, 3.63) is 50.5 Å². The molecule has 0 radical (unpaired) electrons. The third-order valence-corrected chi connectivity index (χ3v) is 6.33. The Bertz CT molecular complexity index is 758. The minimum absolute atomic E-state index is 0.107. The van der Waals surface area contributed by atoms with E-state index in [-0.39, 0.29) is 5.91 Å². The van der Waals surface area contributed by atoms with Gasteiger partial charge in [0.25, 0.3) is 0 Å². The highest BCUT2D eigenvalue weighted by atomic mass is 32.1. The van der Waals surface area contributed by atoms with Crippen molar-refractivity contribution in [2.45, 2.75) is 19.9 Å². The van der Waals surface area contributed by atoms with Crippen molar-refractivity contribution in [2.24, 2.45) is 0 Å². The van der Waals surface area contributed by atoms with Crippen molar-refractivity contribution in [2.75, 3.05) is 7.05 Å². The summed E-state index contributed by atoms with van der Waals surface area (Å²) in [5.74, 6) is 0.107. The van der Waals surface area contributed by atoms with E-state index in [1.807, 2.05) is 23.9 Å². The fourth-order valence-electron chi connectivity index (χ4n) is 2.06. The Kier molecular flexibility index (Phi) is 4.71. The van der Waals surface area contributed by atoms with Crippen molar-refractivity contribution in [1.29, 1.82) is 0 Å². The smallest absolute Gasteiger partial charge is 0.228 e. The number of amides is 1. The summed E-state index contributed by atoms with van der Waals surface area (Å²) in [4.78, 5) is 21.1. The first-order valence-electron chi connectivity index (χ1n) is 6.88. The largest absolute Gasteiger partial charge is 0.340 e. The van der Waals surface area contributed by atoms with Gasteiger partial charge in [0, 0.05) is 17.3 Å². The Morgan fingerprint density at radius 1 is 1.23 bits per heavy atom. The topological polar surface area (TPSA) is 33.2 Å². The van der Waals surface area contributed by atoms with E-state index in [9.17, 15) is 4.79 Å². The van der Waals surface area contributed by atoms with Crippen molar-refractivity contribution >= 4 is 39.9 Å². The van der Waals surface area contributed by atoms with Crippen LogP contribution in [0.5, 0.6) is 0 Å². The van der Waals surface area contributed by atoms with Gasteiger partial charge < -0.3 is 4.90 Å².